The lowest BCUT2D eigenvalue weighted by molar-refractivity contribution is 0.182. The SMILES string of the molecule is CCCCN1CCN(C(C)C)C1=O. The summed E-state index contributed by atoms with van der Waals surface area (Å²) in [6.07, 6.45) is 2.28. The lowest BCUT2D eigenvalue weighted by atomic mass is 10.3. The highest BCUT2D eigenvalue weighted by atomic mass is 16.2. The summed E-state index contributed by atoms with van der Waals surface area (Å²) in [5.41, 5.74) is 0. The second-order valence-electron chi connectivity index (χ2n) is 3.91. The largest absolute Gasteiger partial charge is 0.323 e. The van der Waals surface area contributed by atoms with E-state index in [9.17, 15) is 4.79 Å². The van der Waals surface area contributed by atoms with Crippen molar-refractivity contribution in [1.82, 2.24) is 9.80 Å². The molecule has 76 valence electrons. The molecule has 1 heterocycles. The lowest BCUT2D eigenvalue weighted by Gasteiger charge is -2.21. The van der Waals surface area contributed by atoms with Gasteiger partial charge in [-0.15, -0.1) is 0 Å². The van der Waals surface area contributed by atoms with Crippen LogP contribution in [0, 0.1) is 0 Å². The molecule has 0 N–H and O–H groups in total. The van der Waals surface area contributed by atoms with E-state index in [1.54, 1.807) is 0 Å². The van der Waals surface area contributed by atoms with Crippen LogP contribution in [0.5, 0.6) is 0 Å². The van der Waals surface area contributed by atoms with E-state index in [4.69, 9.17) is 0 Å². The molecule has 0 bridgehead atoms. The molecule has 13 heavy (non-hydrogen) atoms. The number of carbonyl (C=O) groups excluding carboxylic acids is 1. The van der Waals surface area contributed by atoms with Gasteiger partial charge < -0.3 is 9.80 Å². The van der Waals surface area contributed by atoms with Gasteiger partial charge in [-0.2, -0.15) is 0 Å². The van der Waals surface area contributed by atoms with Gasteiger partial charge in [0, 0.05) is 25.7 Å². The molecule has 0 aromatic carbocycles. The van der Waals surface area contributed by atoms with Crippen LogP contribution in [0.15, 0.2) is 0 Å². The number of nitrogens with zero attached hydrogens (tertiary/aromatic N) is 2. The zero-order chi connectivity index (χ0) is 9.84. The summed E-state index contributed by atoms with van der Waals surface area (Å²) in [5, 5.41) is 0. The van der Waals surface area contributed by atoms with Crippen molar-refractivity contribution in [3.8, 4) is 0 Å². The van der Waals surface area contributed by atoms with Crippen molar-refractivity contribution in [2.45, 2.75) is 39.7 Å². The topological polar surface area (TPSA) is 23.6 Å². The molecule has 0 aliphatic carbocycles. The standard InChI is InChI=1S/C10H20N2O/c1-4-5-6-11-7-8-12(9(2)3)10(11)13/h9H,4-8H2,1-3H3. The van der Waals surface area contributed by atoms with E-state index >= 15 is 0 Å². The normalized spacial score (nSPS) is 17.7. The Hall–Kier alpha value is -0.730. The first-order chi connectivity index (χ1) is 6.16. The first-order valence-electron chi connectivity index (χ1n) is 5.22. The highest BCUT2D eigenvalue weighted by molar-refractivity contribution is 5.76. The fraction of sp³-hybridized carbons (Fsp3) is 0.900. The summed E-state index contributed by atoms with van der Waals surface area (Å²) < 4.78 is 0. The van der Waals surface area contributed by atoms with Crippen LogP contribution >= 0.6 is 0 Å². The molecule has 0 spiro atoms. The maximum absolute atomic E-state index is 11.7. The lowest BCUT2D eigenvalue weighted by Crippen LogP contribution is -2.36. The smallest absolute Gasteiger partial charge is 0.320 e. The molecule has 0 unspecified atom stereocenters. The van der Waals surface area contributed by atoms with Crippen LogP contribution in [-0.2, 0) is 0 Å². The van der Waals surface area contributed by atoms with Crippen molar-refractivity contribution in [1.29, 1.82) is 0 Å². The highest BCUT2D eigenvalue weighted by Gasteiger charge is 2.28. The molecule has 0 aromatic heterocycles. The Kier molecular flexibility index (Phi) is 3.58. The summed E-state index contributed by atoms with van der Waals surface area (Å²) in [5.74, 6) is 0. The summed E-state index contributed by atoms with van der Waals surface area (Å²) in [6, 6.07) is 0.572. The molecule has 1 fully saturated rings. The third-order valence-corrected chi connectivity index (χ3v) is 2.53. The molecule has 1 saturated heterocycles. The Morgan fingerprint density at radius 1 is 1.38 bits per heavy atom. The van der Waals surface area contributed by atoms with Gasteiger partial charge in [-0.25, -0.2) is 4.79 Å². The number of amides is 2. The quantitative estimate of drug-likeness (QED) is 0.655. The van der Waals surface area contributed by atoms with E-state index in [0.29, 0.717) is 6.04 Å². The minimum Gasteiger partial charge on any atom is -0.323 e. The van der Waals surface area contributed by atoms with E-state index < -0.39 is 0 Å². The first-order valence-corrected chi connectivity index (χ1v) is 5.22. The van der Waals surface area contributed by atoms with Crippen LogP contribution in [0.25, 0.3) is 0 Å². The Morgan fingerprint density at radius 3 is 2.54 bits per heavy atom. The number of urea groups is 1. The maximum Gasteiger partial charge on any atom is 0.320 e. The molecule has 3 nitrogen and oxygen atoms in total. The molecule has 0 atom stereocenters. The van der Waals surface area contributed by atoms with Crippen molar-refractivity contribution in [2.75, 3.05) is 19.6 Å². The number of hydrogen-bond donors (Lipinski definition) is 0. The van der Waals surface area contributed by atoms with Crippen LogP contribution in [0.2, 0.25) is 0 Å². The predicted octanol–water partition coefficient (Wildman–Crippen LogP) is 1.93. The zero-order valence-electron chi connectivity index (χ0n) is 8.92. The monoisotopic (exact) mass is 184 g/mol. The fourth-order valence-electron chi connectivity index (χ4n) is 1.64. The van der Waals surface area contributed by atoms with Gasteiger partial charge >= 0.3 is 6.03 Å². The molecule has 1 aliphatic heterocycles. The number of rotatable bonds is 4. The minimum atomic E-state index is 0.225. The van der Waals surface area contributed by atoms with Crippen molar-refractivity contribution >= 4 is 6.03 Å². The molecule has 0 radical (unpaired) electrons. The minimum absolute atomic E-state index is 0.225. The van der Waals surface area contributed by atoms with Crippen LogP contribution in [-0.4, -0.2) is 41.5 Å². The van der Waals surface area contributed by atoms with Crippen LogP contribution in [0.3, 0.4) is 0 Å². The van der Waals surface area contributed by atoms with E-state index in [1.807, 2.05) is 9.80 Å². The number of hydrogen-bond acceptors (Lipinski definition) is 1. The maximum atomic E-state index is 11.7. The fourth-order valence-corrected chi connectivity index (χ4v) is 1.64. The third-order valence-electron chi connectivity index (χ3n) is 2.53. The number of carbonyl (C=O) groups is 1. The summed E-state index contributed by atoms with van der Waals surface area (Å²) >= 11 is 0. The molecular formula is C10H20N2O. The zero-order valence-corrected chi connectivity index (χ0v) is 8.92. The first kappa shape index (κ1) is 10.4. The predicted molar refractivity (Wildman–Crippen MR) is 53.7 cm³/mol. The molecule has 0 saturated carbocycles. The second-order valence-corrected chi connectivity index (χ2v) is 3.91. The summed E-state index contributed by atoms with van der Waals surface area (Å²) in [4.78, 5) is 15.6. The van der Waals surface area contributed by atoms with E-state index in [2.05, 4.69) is 20.8 Å². The molecule has 1 aliphatic rings. The van der Waals surface area contributed by atoms with Gasteiger partial charge in [0.15, 0.2) is 0 Å². The van der Waals surface area contributed by atoms with Gasteiger partial charge in [0.2, 0.25) is 0 Å². The van der Waals surface area contributed by atoms with Gasteiger partial charge in [-0.1, -0.05) is 13.3 Å². The van der Waals surface area contributed by atoms with E-state index in [-0.39, 0.29) is 6.03 Å². The Balaban J connectivity index is 2.41. The second kappa shape index (κ2) is 4.49. The Labute approximate surface area is 80.7 Å². The van der Waals surface area contributed by atoms with Gasteiger partial charge in [0.05, 0.1) is 0 Å². The highest BCUT2D eigenvalue weighted by Crippen LogP contribution is 2.12. The van der Waals surface area contributed by atoms with Gasteiger partial charge in [-0.05, 0) is 20.3 Å². The molecule has 2 amide bonds. The van der Waals surface area contributed by atoms with E-state index in [0.717, 1.165) is 32.5 Å². The van der Waals surface area contributed by atoms with Gasteiger partial charge in [0.1, 0.15) is 0 Å². The van der Waals surface area contributed by atoms with Crippen molar-refractivity contribution in [2.24, 2.45) is 0 Å². The van der Waals surface area contributed by atoms with Gasteiger partial charge in [0.25, 0.3) is 0 Å². The number of unbranched alkanes of at least 4 members (excludes halogenated alkanes) is 1. The van der Waals surface area contributed by atoms with Crippen LogP contribution in [0.4, 0.5) is 4.79 Å². The van der Waals surface area contributed by atoms with Crippen molar-refractivity contribution < 1.29 is 4.79 Å². The van der Waals surface area contributed by atoms with Crippen LogP contribution < -0.4 is 0 Å². The van der Waals surface area contributed by atoms with Crippen molar-refractivity contribution in [3.63, 3.8) is 0 Å². The van der Waals surface area contributed by atoms with Crippen molar-refractivity contribution in [3.05, 3.63) is 0 Å². The van der Waals surface area contributed by atoms with E-state index in [1.165, 1.54) is 0 Å². The summed E-state index contributed by atoms with van der Waals surface area (Å²) in [7, 11) is 0. The average molecular weight is 184 g/mol. The Morgan fingerprint density at radius 2 is 2.08 bits per heavy atom. The molecular weight excluding hydrogens is 164 g/mol. The van der Waals surface area contributed by atoms with Gasteiger partial charge in [-0.3, -0.25) is 0 Å². The molecule has 0 aromatic rings. The average Bonchev–Trinajstić information content (AvgIpc) is 2.43. The molecule has 1 rings (SSSR count). The van der Waals surface area contributed by atoms with Crippen LogP contribution in [0.1, 0.15) is 33.6 Å². The Bertz CT molecular complexity index is 180. The molecule has 3 heteroatoms. The third kappa shape index (κ3) is 2.36. The summed E-state index contributed by atoms with van der Waals surface area (Å²) in [6.45, 7) is 9.04.